The van der Waals surface area contributed by atoms with Gasteiger partial charge in [0.25, 0.3) is 0 Å². The van der Waals surface area contributed by atoms with E-state index in [2.05, 4.69) is 38.5 Å². The van der Waals surface area contributed by atoms with E-state index in [0.717, 1.165) is 55.3 Å². The number of thiophene rings is 1. The summed E-state index contributed by atoms with van der Waals surface area (Å²) in [5.74, 6) is 0.962. The number of hydrogen-bond acceptors (Lipinski definition) is 6. The molecule has 0 spiro atoms. The van der Waals surface area contributed by atoms with E-state index in [1.165, 1.54) is 4.88 Å². The van der Waals surface area contributed by atoms with Crippen molar-refractivity contribution in [3.8, 4) is 0 Å². The monoisotopic (exact) mass is 277 g/mol. The molecule has 1 aliphatic heterocycles. The highest BCUT2D eigenvalue weighted by Gasteiger charge is 2.10. The Hall–Kier alpha value is -1.24. The van der Waals surface area contributed by atoms with Gasteiger partial charge in [-0.1, -0.05) is 0 Å². The van der Waals surface area contributed by atoms with E-state index in [4.69, 9.17) is 0 Å². The zero-order valence-corrected chi connectivity index (χ0v) is 12.0. The van der Waals surface area contributed by atoms with E-state index in [9.17, 15) is 0 Å². The van der Waals surface area contributed by atoms with E-state index >= 15 is 0 Å². The van der Waals surface area contributed by atoms with Crippen molar-refractivity contribution in [2.75, 3.05) is 44.6 Å². The first-order valence-corrected chi connectivity index (χ1v) is 7.53. The van der Waals surface area contributed by atoms with Crippen molar-refractivity contribution in [2.45, 2.75) is 6.92 Å². The van der Waals surface area contributed by atoms with E-state index in [1.54, 1.807) is 17.7 Å². The summed E-state index contributed by atoms with van der Waals surface area (Å²) in [6, 6.07) is 2.16. The number of piperazine rings is 1. The minimum Gasteiger partial charge on any atom is -0.368 e. The van der Waals surface area contributed by atoms with Gasteiger partial charge in [-0.05, 0) is 13.0 Å². The number of nitrogens with one attached hydrogen (secondary N) is 2. The second kappa shape index (κ2) is 5.81. The van der Waals surface area contributed by atoms with Crippen molar-refractivity contribution in [1.82, 2.24) is 20.2 Å². The maximum absolute atomic E-state index is 4.36. The molecule has 1 aliphatic rings. The van der Waals surface area contributed by atoms with Crippen LogP contribution < -0.4 is 10.6 Å². The summed E-state index contributed by atoms with van der Waals surface area (Å²) in [4.78, 5) is 13.5. The van der Waals surface area contributed by atoms with Gasteiger partial charge in [0.2, 0.25) is 0 Å². The van der Waals surface area contributed by atoms with Crippen LogP contribution in [-0.2, 0) is 0 Å². The molecule has 2 aromatic rings. The van der Waals surface area contributed by atoms with Crippen molar-refractivity contribution in [2.24, 2.45) is 0 Å². The van der Waals surface area contributed by atoms with Crippen molar-refractivity contribution >= 4 is 27.4 Å². The van der Waals surface area contributed by atoms with Crippen LogP contribution in [-0.4, -0.2) is 54.1 Å². The first-order chi connectivity index (χ1) is 9.33. The standard InChI is InChI=1S/C13H19N5S/c1-10-8-11-12(16-9-17-13(11)19-10)15-4-7-18-5-2-14-3-6-18/h8-9,14H,2-7H2,1H3,(H,15,16,17). The summed E-state index contributed by atoms with van der Waals surface area (Å²) >= 11 is 1.72. The molecule has 102 valence electrons. The number of hydrogen-bond donors (Lipinski definition) is 2. The fourth-order valence-corrected chi connectivity index (χ4v) is 3.23. The van der Waals surface area contributed by atoms with E-state index in [1.807, 2.05) is 0 Å². The summed E-state index contributed by atoms with van der Waals surface area (Å²) in [5.41, 5.74) is 0. The van der Waals surface area contributed by atoms with Crippen LogP contribution in [0, 0.1) is 6.92 Å². The van der Waals surface area contributed by atoms with Crippen LogP contribution in [0.15, 0.2) is 12.4 Å². The number of rotatable bonds is 4. The maximum atomic E-state index is 4.36. The lowest BCUT2D eigenvalue weighted by atomic mass is 10.3. The van der Waals surface area contributed by atoms with Crippen LogP contribution in [0.25, 0.3) is 10.2 Å². The molecule has 0 aliphatic carbocycles. The van der Waals surface area contributed by atoms with Gasteiger partial charge in [0.05, 0.1) is 5.39 Å². The number of anilines is 1. The van der Waals surface area contributed by atoms with Crippen molar-refractivity contribution < 1.29 is 0 Å². The minimum absolute atomic E-state index is 0.932. The molecule has 1 saturated heterocycles. The fourth-order valence-electron chi connectivity index (χ4n) is 2.38. The maximum Gasteiger partial charge on any atom is 0.138 e. The summed E-state index contributed by atoms with van der Waals surface area (Å²) in [6.45, 7) is 8.58. The molecule has 0 bridgehead atoms. The summed E-state index contributed by atoms with van der Waals surface area (Å²) < 4.78 is 0. The Labute approximate surface area is 117 Å². The van der Waals surface area contributed by atoms with Gasteiger partial charge < -0.3 is 10.6 Å². The molecule has 3 heterocycles. The van der Waals surface area contributed by atoms with Gasteiger partial charge in [-0.3, -0.25) is 4.90 Å². The van der Waals surface area contributed by atoms with Crippen LogP contribution in [0.1, 0.15) is 4.88 Å². The van der Waals surface area contributed by atoms with Crippen LogP contribution in [0.3, 0.4) is 0 Å². The molecule has 0 aromatic carbocycles. The summed E-state index contributed by atoms with van der Waals surface area (Å²) in [7, 11) is 0. The number of aromatic nitrogens is 2. The zero-order valence-electron chi connectivity index (χ0n) is 11.1. The fraction of sp³-hybridized carbons (Fsp3) is 0.538. The van der Waals surface area contributed by atoms with Crippen LogP contribution in [0.4, 0.5) is 5.82 Å². The minimum atomic E-state index is 0.932. The van der Waals surface area contributed by atoms with E-state index < -0.39 is 0 Å². The smallest absolute Gasteiger partial charge is 0.138 e. The van der Waals surface area contributed by atoms with E-state index in [-0.39, 0.29) is 0 Å². The Kier molecular flexibility index (Phi) is 3.91. The van der Waals surface area contributed by atoms with Gasteiger partial charge in [-0.15, -0.1) is 11.3 Å². The average molecular weight is 277 g/mol. The van der Waals surface area contributed by atoms with Crippen LogP contribution in [0.5, 0.6) is 0 Å². The zero-order chi connectivity index (χ0) is 13.1. The van der Waals surface area contributed by atoms with Gasteiger partial charge in [0.1, 0.15) is 17.0 Å². The SMILES string of the molecule is Cc1cc2c(NCCN3CCNCC3)ncnc2s1. The topological polar surface area (TPSA) is 53.1 Å². The normalized spacial score (nSPS) is 16.9. The third-order valence-electron chi connectivity index (χ3n) is 3.38. The molecule has 19 heavy (non-hydrogen) atoms. The first kappa shape index (κ1) is 12.8. The van der Waals surface area contributed by atoms with Gasteiger partial charge in [-0.2, -0.15) is 0 Å². The van der Waals surface area contributed by atoms with Crippen LogP contribution in [0.2, 0.25) is 0 Å². The molecule has 0 amide bonds. The Morgan fingerprint density at radius 1 is 1.37 bits per heavy atom. The highest BCUT2D eigenvalue weighted by atomic mass is 32.1. The quantitative estimate of drug-likeness (QED) is 0.883. The molecular weight excluding hydrogens is 258 g/mol. The molecule has 0 unspecified atom stereocenters. The Morgan fingerprint density at radius 2 is 2.21 bits per heavy atom. The molecule has 3 rings (SSSR count). The highest BCUT2D eigenvalue weighted by Crippen LogP contribution is 2.27. The largest absolute Gasteiger partial charge is 0.368 e. The second-order valence-electron chi connectivity index (χ2n) is 4.82. The molecule has 2 aromatic heterocycles. The molecule has 2 N–H and O–H groups in total. The lowest BCUT2D eigenvalue weighted by molar-refractivity contribution is 0.249. The molecule has 6 heteroatoms. The van der Waals surface area contributed by atoms with Crippen molar-refractivity contribution in [3.63, 3.8) is 0 Å². The van der Waals surface area contributed by atoms with Gasteiger partial charge in [-0.25, -0.2) is 9.97 Å². The summed E-state index contributed by atoms with van der Waals surface area (Å²) in [5, 5.41) is 7.95. The highest BCUT2D eigenvalue weighted by molar-refractivity contribution is 7.18. The van der Waals surface area contributed by atoms with Gasteiger partial charge in [0, 0.05) is 44.1 Å². The number of aryl methyl sites for hydroxylation is 1. The third-order valence-corrected chi connectivity index (χ3v) is 4.34. The Morgan fingerprint density at radius 3 is 3.05 bits per heavy atom. The molecule has 0 radical (unpaired) electrons. The average Bonchev–Trinajstić information content (AvgIpc) is 2.81. The predicted octanol–water partition coefficient (Wildman–Crippen LogP) is 1.32. The van der Waals surface area contributed by atoms with E-state index in [0.29, 0.717) is 0 Å². The Bertz CT molecular complexity index is 547. The second-order valence-corrected chi connectivity index (χ2v) is 6.05. The molecule has 0 atom stereocenters. The molecular formula is C13H19N5S. The molecule has 1 fully saturated rings. The van der Waals surface area contributed by atoms with Crippen LogP contribution >= 0.6 is 11.3 Å². The first-order valence-electron chi connectivity index (χ1n) is 6.71. The number of fused-ring (bicyclic) bond motifs is 1. The van der Waals surface area contributed by atoms with Gasteiger partial charge in [0.15, 0.2) is 0 Å². The lowest BCUT2D eigenvalue weighted by Crippen LogP contribution is -2.45. The lowest BCUT2D eigenvalue weighted by Gasteiger charge is -2.27. The van der Waals surface area contributed by atoms with Crippen molar-refractivity contribution in [1.29, 1.82) is 0 Å². The number of nitrogens with zero attached hydrogens (tertiary/aromatic N) is 3. The molecule has 5 nitrogen and oxygen atoms in total. The third kappa shape index (κ3) is 3.02. The Balaban J connectivity index is 1.61. The predicted molar refractivity (Wildman–Crippen MR) is 80.0 cm³/mol. The molecule has 0 saturated carbocycles. The van der Waals surface area contributed by atoms with Crippen molar-refractivity contribution in [3.05, 3.63) is 17.3 Å². The van der Waals surface area contributed by atoms with Gasteiger partial charge >= 0.3 is 0 Å². The summed E-state index contributed by atoms with van der Waals surface area (Å²) in [6.07, 6.45) is 1.64.